The largest absolute Gasteiger partial charge is 0.344 e. The maximum Gasteiger partial charge on any atom is 0.244 e. The number of hydrogen-bond acceptors (Lipinski definition) is 3. The Kier molecular flexibility index (Phi) is 6.01. The van der Waals surface area contributed by atoms with E-state index in [-0.39, 0.29) is 17.9 Å². The third-order valence-corrected chi connectivity index (χ3v) is 4.59. The van der Waals surface area contributed by atoms with E-state index in [1.54, 1.807) is 29.2 Å². The van der Waals surface area contributed by atoms with Crippen molar-refractivity contribution in [2.75, 3.05) is 13.1 Å². The van der Waals surface area contributed by atoms with Gasteiger partial charge in [0, 0.05) is 25.6 Å². The minimum Gasteiger partial charge on any atom is -0.344 e. The summed E-state index contributed by atoms with van der Waals surface area (Å²) >= 11 is 0. The molecule has 0 radical (unpaired) electrons. The molecule has 136 valence electrons. The first-order valence-corrected chi connectivity index (χ1v) is 8.98. The number of benzene rings is 2. The van der Waals surface area contributed by atoms with Gasteiger partial charge in [-0.25, -0.2) is 0 Å². The topological polar surface area (TPSA) is 73.2 Å². The molecule has 0 bridgehead atoms. The van der Waals surface area contributed by atoms with Gasteiger partial charge in [-0.15, -0.1) is 0 Å². The average Bonchev–Trinajstić information content (AvgIpc) is 3.11. The molecule has 3 rings (SSSR count). The highest BCUT2D eigenvalue weighted by molar-refractivity contribution is 5.92. The molecule has 27 heavy (non-hydrogen) atoms. The third-order valence-electron chi connectivity index (χ3n) is 4.59. The molecule has 1 N–H and O–H groups in total. The first kappa shape index (κ1) is 18.4. The van der Waals surface area contributed by atoms with Crippen LogP contribution in [0.15, 0.2) is 60.7 Å². The standard InChI is InChI=1S/C22H21N3O2/c23-15-19-10-5-4-7-17(19)12-13-21(26)24-20(18-8-2-1-3-9-18)16-25-14-6-11-22(25)27/h1-5,7-10,12-13,20H,6,11,14,16H2,(H,24,26)/b13-12+. The Hall–Kier alpha value is -3.39. The van der Waals surface area contributed by atoms with E-state index in [4.69, 9.17) is 5.26 Å². The van der Waals surface area contributed by atoms with Crippen molar-refractivity contribution in [2.45, 2.75) is 18.9 Å². The minimum absolute atomic E-state index is 0.128. The van der Waals surface area contributed by atoms with Crippen LogP contribution in [0, 0.1) is 11.3 Å². The van der Waals surface area contributed by atoms with E-state index in [2.05, 4.69) is 11.4 Å². The molecule has 0 saturated carbocycles. The molecule has 5 heteroatoms. The number of amides is 2. The van der Waals surface area contributed by atoms with Crippen LogP contribution in [0.4, 0.5) is 0 Å². The molecule has 2 amide bonds. The van der Waals surface area contributed by atoms with Gasteiger partial charge in [-0.1, -0.05) is 48.5 Å². The Morgan fingerprint density at radius 1 is 1.19 bits per heavy atom. The second kappa shape index (κ2) is 8.81. The summed E-state index contributed by atoms with van der Waals surface area (Å²) in [5.74, 6) is -0.132. The zero-order chi connectivity index (χ0) is 19.1. The van der Waals surface area contributed by atoms with Gasteiger partial charge in [0.2, 0.25) is 11.8 Å². The van der Waals surface area contributed by atoms with Crippen LogP contribution in [0.1, 0.15) is 35.6 Å². The quantitative estimate of drug-likeness (QED) is 0.806. The second-order valence-electron chi connectivity index (χ2n) is 6.45. The molecule has 5 nitrogen and oxygen atoms in total. The lowest BCUT2D eigenvalue weighted by Crippen LogP contribution is -2.38. The number of likely N-dealkylation sites (tertiary alicyclic amines) is 1. The second-order valence-corrected chi connectivity index (χ2v) is 6.45. The summed E-state index contributed by atoms with van der Waals surface area (Å²) in [5.41, 5.74) is 2.17. The fourth-order valence-corrected chi connectivity index (χ4v) is 3.17. The molecule has 2 aromatic carbocycles. The van der Waals surface area contributed by atoms with Gasteiger partial charge < -0.3 is 10.2 Å². The average molecular weight is 359 g/mol. The summed E-state index contributed by atoms with van der Waals surface area (Å²) in [7, 11) is 0. The first-order chi connectivity index (χ1) is 13.2. The Bertz CT molecular complexity index is 884. The SMILES string of the molecule is N#Cc1ccccc1/C=C/C(=O)NC(CN1CCCC1=O)c1ccccc1. The Morgan fingerprint density at radius 3 is 2.63 bits per heavy atom. The van der Waals surface area contributed by atoms with Crippen molar-refractivity contribution in [3.8, 4) is 6.07 Å². The summed E-state index contributed by atoms with van der Waals surface area (Å²) < 4.78 is 0. The molecule has 1 aliphatic heterocycles. The zero-order valence-electron chi connectivity index (χ0n) is 15.0. The Labute approximate surface area is 158 Å². The predicted octanol–water partition coefficient (Wildman–Crippen LogP) is 3.05. The molecule has 0 spiro atoms. The molecule has 1 aliphatic rings. The summed E-state index contributed by atoms with van der Waals surface area (Å²) in [5, 5.41) is 12.1. The van der Waals surface area contributed by atoms with Crippen molar-refractivity contribution in [1.82, 2.24) is 10.2 Å². The van der Waals surface area contributed by atoms with Crippen LogP contribution in [0.25, 0.3) is 6.08 Å². The van der Waals surface area contributed by atoms with E-state index in [0.717, 1.165) is 18.5 Å². The van der Waals surface area contributed by atoms with Crippen molar-refractivity contribution in [3.05, 3.63) is 77.4 Å². The van der Waals surface area contributed by atoms with Gasteiger partial charge >= 0.3 is 0 Å². The van der Waals surface area contributed by atoms with Gasteiger partial charge in [0.05, 0.1) is 17.7 Å². The third kappa shape index (κ3) is 4.83. The highest BCUT2D eigenvalue weighted by atomic mass is 16.2. The van der Waals surface area contributed by atoms with Crippen molar-refractivity contribution < 1.29 is 9.59 Å². The van der Waals surface area contributed by atoms with E-state index in [0.29, 0.717) is 24.1 Å². The molecule has 0 aliphatic carbocycles. The van der Waals surface area contributed by atoms with Crippen molar-refractivity contribution in [1.29, 1.82) is 5.26 Å². The van der Waals surface area contributed by atoms with Crippen LogP contribution in [0.2, 0.25) is 0 Å². The van der Waals surface area contributed by atoms with Gasteiger partial charge in [-0.2, -0.15) is 5.26 Å². The number of rotatable bonds is 6. The molecule has 1 unspecified atom stereocenters. The van der Waals surface area contributed by atoms with E-state index >= 15 is 0 Å². The number of carbonyl (C=O) groups is 2. The summed E-state index contributed by atoms with van der Waals surface area (Å²) in [6.07, 6.45) is 4.49. The monoisotopic (exact) mass is 359 g/mol. The molecule has 1 atom stereocenters. The number of hydrogen-bond donors (Lipinski definition) is 1. The lowest BCUT2D eigenvalue weighted by atomic mass is 10.1. The van der Waals surface area contributed by atoms with E-state index in [1.165, 1.54) is 6.08 Å². The summed E-state index contributed by atoms with van der Waals surface area (Å²) in [4.78, 5) is 26.2. The number of nitriles is 1. The van der Waals surface area contributed by atoms with Gasteiger partial charge in [0.25, 0.3) is 0 Å². The first-order valence-electron chi connectivity index (χ1n) is 8.98. The lowest BCUT2D eigenvalue weighted by Gasteiger charge is -2.24. The smallest absolute Gasteiger partial charge is 0.244 e. The molecular formula is C22H21N3O2. The Morgan fingerprint density at radius 2 is 1.93 bits per heavy atom. The highest BCUT2D eigenvalue weighted by Crippen LogP contribution is 2.18. The number of carbonyl (C=O) groups excluding carboxylic acids is 2. The van der Waals surface area contributed by atoms with Crippen molar-refractivity contribution >= 4 is 17.9 Å². The lowest BCUT2D eigenvalue weighted by molar-refractivity contribution is -0.128. The van der Waals surface area contributed by atoms with Crippen molar-refractivity contribution in [3.63, 3.8) is 0 Å². The zero-order valence-corrected chi connectivity index (χ0v) is 15.0. The van der Waals surface area contributed by atoms with Crippen LogP contribution < -0.4 is 5.32 Å². The van der Waals surface area contributed by atoms with Crippen LogP contribution in [-0.4, -0.2) is 29.8 Å². The van der Waals surface area contributed by atoms with Crippen LogP contribution in [0.3, 0.4) is 0 Å². The van der Waals surface area contributed by atoms with E-state index < -0.39 is 0 Å². The molecule has 0 aromatic heterocycles. The van der Waals surface area contributed by atoms with Gasteiger partial charge in [-0.3, -0.25) is 9.59 Å². The molecule has 1 fully saturated rings. The van der Waals surface area contributed by atoms with Gasteiger partial charge in [0.1, 0.15) is 0 Å². The summed E-state index contributed by atoms with van der Waals surface area (Å²) in [6.45, 7) is 1.18. The minimum atomic E-state index is -0.281. The van der Waals surface area contributed by atoms with E-state index in [9.17, 15) is 9.59 Å². The van der Waals surface area contributed by atoms with Crippen molar-refractivity contribution in [2.24, 2.45) is 0 Å². The van der Waals surface area contributed by atoms with Crippen LogP contribution >= 0.6 is 0 Å². The fourth-order valence-electron chi connectivity index (χ4n) is 3.17. The van der Waals surface area contributed by atoms with Gasteiger partial charge in [0.15, 0.2) is 0 Å². The highest BCUT2D eigenvalue weighted by Gasteiger charge is 2.24. The molecule has 1 heterocycles. The van der Waals surface area contributed by atoms with Crippen LogP contribution in [0.5, 0.6) is 0 Å². The normalized spacial score (nSPS) is 14.9. The molecule has 2 aromatic rings. The Balaban J connectivity index is 1.73. The van der Waals surface area contributed by atoms with Gasteiger partial charge in [-0.05, 0) is 29.7 Å². The van der Waals surface area contributed by atoms with E-state index in [1.807, 2.05) is 36.4 Å². The predicted molar refractivity (Wildman–Crippen MR) is 103 cm³/mol. The summed E-state index contributed by atoms with van der Waals surface area (Å²) in [6, 6.07) is 18.6. The fraction of sp³-hybridized carbons (Fsp3) is 0.227. The number of nitrogens with one attached hydrogen (secondary N) is 1. The number of nitrogens with zero attached hydrogens (tertiary/aromatic N) is 2. The molecule has 1 saturated heterocycles. The maximum absolute atomic E-state index is 12.5. The maximum atomic E-state index is 12.5. The van der Waals surface area contributed by atoms with Crippen LogP contribution in [-0.2, 0) is 9.59 Å². The molecular weight excluding hydrogens is 338 g/mol.